The highest BCUT2D eigenvalue weighted by Crippen LogP contribution is 2.30. The molecule has 0 saturated heterocycles. The lowest BCUT2D eigenvalue weighted by Gasteiger charge is -2.14. The molecule has 0 unspecified atom stereocenters. The van der Waals surface area contributed by atoms with Gasteiger partial charge < -0.3 is 0 Å². The molecule has 22 heavy (non-hydrogen) atoms. The summed E-state index contributed by atoms with van der Waals surface area (Å²) in [5.41, 5.74) is 1.35. The van der Waals surface area contributed by atoms with Crippen LogP contribution in [0.4, 0.5) is 13.2 Å². The molecular weight excluding hydrogens is 339 g/mol. The van der Waals surface area contributed by atoms with E-state index in [9.17, 15) is 21.6 Å². The Labute approximate surface area is 130 Å². The molecule has 0 aliphatic rings. The highest BCUT2D eigenvalue weighted by atomic mass is 35.5. The van der Waals surface area contributed by atoms with Gasteiger partial charge >= 0.3 is 6.30 Å². The van der Waals surface area contributed by atoms with Crippen molar-refractivity contribution in [2.75, 3.05) is 0 Å². The first-order valence-corrected chi connectivity index (χ1v) is 7.92. The molecule has 3 nitrogen and oxygen atoms in total. The first kappa shape index (κ1) is 16.8. The van der Waals surface area contributed by atoms with Crippen molar-refractivity contribution < 1.29 is 21.6 Å². The number of sulfonamides is 1. The van der Waals surface area contributed by atoms with Gasteiger partial charge in [0.1, 0.15) is 0 Å². The maximum atomic E-state index is 12.4. The van der Waals surface area contributed by atoms with Gasteiger partial charge in [-0.25, -0.2) is 8.42 Å². The highest BCUT2D eigenvalue weighted by molar-refractivity contribution is 7.89. The van der Waals surface area contributed by atoms with Gasteiger partial charge in [0.25, 0.3) is 0 Å². The van der Waals surface area contributed by atoms with Gasteiger partial charge in [-0.15, -0.1) is 4.72 Å². The molecule has 0 spiro atoms. The number of nitrogens with one attached hydrogen (secondary N) is 1. The second kappa shape index (κ2) is 5.91. The molecule has 0 bridgehead atoms. The average molecular weight is 350 g/mol. The molecule has 0 atom stereocenters. The van der Waals surface area contributed by atoms with Gasteiger partial charge in [-0.3, -0.25) is 0 Å². The Morgan fingerprint density at radius 3 is 2.18 bits per heavy atom. The molecule has 0 amide bonds. The van der Waals surface area contributed by atoms with Gasteiger partial charge in [-0.2, -0.15) is 13.2 Å². The van der Waals surface area contributed by atoms with Crippen molar-refractivity contribution in [3.8, 4) is 11.1 Å². The fraction of sp³-hybridized carbons (Fsp3) is 0.143. The molecule has 0 fully saturated rings. The Hall–Kier alpha value is -1.57. The van der Waals surface area contributed by atoms with E-state index in [-0.39, 0.29) is 5.56 Å². The predicted molar refractivity (Wildman–Crippen MR) is 78.0 cm³/mol. The predicted octanol–water partition coefficient (Wildman–Crippen LogP) is 4.11. The van der Waals surface area contributed by atoms with Crippen molar-refractivity contribution in [2.24, 2.45) is 0 Å². The van der Waals surface area contributed by atoms with Crippen LogP contribution in [0.15, 0.2) is 47.4 Å². The summed E-state index contributed by atoms with van der Waals surface area (Å²) < 4.78 is 61.8. The van der Waals surface area contributed by atoms with Crippen LogP contribution in [0.2, 0.25) is 5.02 Å². The quantitative estimate of drug-likeness (QED) is 0.847. The van der Waals surface area contributed by atoms with E-state index in [0.717, 1.165) is 11.6 Å². The minimum atomic E-state index is -5.04. The van der Waals surface area contributed by atoms with Gasteiger partial charge in [-0.1, -0.05) is 41.4 Å². The van der Waals surface area contributed by atoms with E-state index in [1.807, 2.05) is 0 Å². The number of benzene rings is 2. The zero-order chi connectivity index (χ0) is 16.5. The number of hydrogen-bond donors (Lipinski definition) is 1. The third kappa shape index (κ3) is 4.00. The van der Waals surface area contributed by atoms with Gasteiger partial charge in [0.2, 0.25) is 10.0 Å². The fourth-order valence-corrected chi connectivity index (χ4v) is 3.19. The summed E-state index contributed by atoms with van der Waals surface area (Å²) in [5, 5.41) is 0.439. The van der Waals surface area contributed by atoms with Gasteiger partial charge in [0.15, 0.2) is 0 Å². The lowest BCUT2D eigenvalue weighted by molar-refractivity contribution is -0.138. The van der Waals surface area contributed by atoms with E-state index >= 15 is 0 Å². The van der Waals surface area contributed by atoms with Crippen molar-refractivity contribution in [3.05, 3.63) is 53.1 Å². The molecule has 0 aliphatic carbocycles. The zero-order valence-electron chi connectivity index (χ0n) is 11.3. The fourth-order valence-electron chi connectivity index (χ4n) is 1.94. The van der Waals surface area contributed by atoms with Gasteiger partial charge in [0.05, 0.1) is 4.90 Å². The van der Waals surface area contributed by atoms with Crippen LogP contribution >= 0.6 is 11.6 Å². The van der Waals surface area contributed by atoms with E-state index in [4.69, 9.17) is 11.6 Å². The minimum absolute atomic E-state index is 0.174. The van der Waals surface area contributed by atoms with Crippen molar-refractivity contribution in [3.63, 3.8) is 0 Å². The van der Waals surface area contributed by atoms with Crippen molar-refractivity contribution in [1.82, 2.24) is 4.72 Å². The van der Waals surface area contributed by atoms with E-state index in [1.165, 1.54) is 24.3 Å². The average Bonchev–Trinajstić information content (AvgIpc) is 2.36. The summed E-state index contributed by atoms with van der Waals surface area (Å²) in [6.07, 6.45) is -5.04. The molecule has 2 rings (SSSR count). The first-order chi connectivity index (χ1) is 10.1. The zero-order valence-corrected chi connectivity index (χ0v) is 12.9. The minimum Gasteiger partial charge on any atom is -0.207 e. The number of alkyl halides is 3. The SMILES string of the molecule is Cc1ccc(S(=O)(=O)NC(F)(F)F)c(-c2ccc(Cl)cc2)c1. The van der Waals surface area contributed by atoms with Crippen molar-refractivity contribution in [1.29, 1.82) is 0 Å². The molecule has 0 radical (unpaired) electrons. The van der Waals surface area contributed by atoms with Crippen LogP contribution in [0.25, 0.3) is 11.1 Å². The lowest BCUT2D eigenvalue weighted by atomic mass is 10.0. The topological polar surface area (TPSA) is 46.2 Å². The van der Waals surface area contributed by atoms with Crippen molar-refractivity contribution >= 4 is 21.6 Å². The van der Waals surface area contributed by atoms with Crippen LogP contribution < -0.4 is 4.72 Å². The summed E-state index contributed by atoms with van der Waals surface area (Å²) in [5.74, 6) is 0. The van der Waals surface area contributed by atoms with Crippen LogP contribution in [0, 0.1) is 6.92 Å². The largest absolute Gasteiger partial charge is 0.470 e. The molecule has 0 aliphatic heterocycles. The maximum Gasteiger partial charge on any atom is 0.470 e. The van der Waals surface area contributed by atoms with Gasteiger partial charge in [0, 0.05) is 10.6 Å². The summed E-state index contributed by atoms with van der Waals surface area (Å²) in [6.45, 7) is 1.72. The van der Waals surface area contributed by atoms with E-state index in [0.29, 0.717) is 15.3 Å². The Kier molecular flexibility index (Phi) is 4.51. The number of aryl methyl sites for hydroxylation is 1. The summed E-state index contributed by atoms with van der Waals surface area (Å²) >= 11 is 5.77. The Morgan fingerprint density at radius 2 is 1.64 bits per heavy atom. The normalized spacial score (nSPS) is 12.4. The maximum absolute atomic E-state index is 12.4. The summed E-state index contributed by atoms with van der Waals surface area (Å²) in [6, 6.07) is 10.2. The van der Waals surface area contributed by atoms with E-state index in [2.05, 4.69) is 0 Å². The van der Waals surface area contributed by atoms with Crippen LogP contribution in [0.3, 0.4) is 0 Å². The molecule has 0 heterocycles. The standard InChI is InChI=1S/C14H11ClF3NO2S/c1-9-2-7-13(22(20,21)19-14(16,17)18)12(8-9)10-3-5-11(15)6-4-10/h2-8,19H,1H3. The second-order valence-corrected chi connectivity index (χ2v) is 6.70. The van der Waals surface area contributed by atoms with E-state index < -0.39 is 21.2 Å². The van der Waals surface area contributed by atoms with Gasteiger partial charge in [-0.05, 0) is 30.7 Å². The van der Waals surface area contributed by atoms with Crippen molar-refractivity contribution in [2.45, 2.75) is 18.1 Å². The van der Waals surface area contributed by atoms with E-state index in [1.54, 1.807) is 19.1 Å². The monoisotopic (exact) mass is 349 g/mol. The lowest BCUT2D eigenvalue weighted by Crippen LogP contribution is -2.37. The molecule has 0 aromatic heterocycles. The van der Waals surface area contributed by atoms with Crippen LogP contribution in [-0.4, -0.2) is 14.7 Å². The second-order valence-electron chi connectivity index (χ2n) is 4.61. The van der Waals surface area contributed by atoms with Crippen LogP contribution in [0.5, 0.6) is 0 Å². The Morgan fingerprint density at radius 1 is 1.05 bits per heavy atom. The molecule has 118 valence electrons. The molecular formula is C14H11ClF3NO2S. The summed E-state index contributed by atoms with van der Waals surface area (Å²) in [4.78, 5) is -0.447. The number of rotatable bonds is 3. The molecule has 2 aromatic rings. The molecule has 0 saturated carbocycles. The first-order valence-electron chi connectivity index (χ1n) is 6.06. The number of halogens is 4. The Bertz CT molecular complexity index is 787. The van der Waals surface area contributed by atoms with Crippen LogP contribution in [-0.2, 0) is 10.0 Å². The molecule has 1 N–H and O–H groups in total. The molecule has 2 aromatic carbocycles. The Balaban J connectivity index is 2.60. The third-order valence-electron chi connectivity index (χ3n) is 2.83. The summed E-state index contributed by atoms with van der Waals surface area (Å²) in [7, 11) is -4.73. The molecule has 8 heteroatoms. The highest BCUT2D eigenvalue weighted by Gasteiger charge is 2.35. The number of hydrogen-bond acceptors (Lipinski definition) is 2. The smallest absolute Gasteiger partial charge is 0.207 e. The third-order valence-corrected chi connectivity index (χ3v) is 4.52. The van der Waals surface area contributed by atoms with Crippen LogP contribution in [0.1, 0.15) is 5.56 Å².